The van der Waals surface area contributed by atoms with Gasteiger partial charge in [-0.25, -0.2) is 4.39 Å². The third-order valence-electron chi connectivity index (χ3n) is 2.06. The van der Waals surface area contributed by atoms with Crippen LogP contribution in [0.1, 0.15) is 12.0 Å². The summed E-state index contributed by atoms with van der Waals surface area (Å²) in [7, 11) is 0. The molecule has 0 aliphatic heterocycles. The molecule has 0 aliphatic rings. The maximum atomic E-state index is 12.8. The molecule has 88 valence electrons. The molecule has 0 radical (unpaired) electrons. The largest absolute Gasteiger partial charge is 0.465 e. The lowest BCUT2D eigenvalue weighted by Gasteiger charge is -2.03. The van der Waals surface area contributed by atoms with Gasteiger partial charge in [-0.1, -0.05) is 12.1 Å². The molecule has 0 saturated heterocycles. The second kappa shape index (κ2) is 7.28. The van der Waals surface area contributed by atoms with E-state index in [2.05, 4.69) is 0 Å². The SMILES string of the molecule is CSCCOC(=O)CCc1cccc(F)c1. The molecular formula is C12H15FO2S. The van der Waals surface area contributed by atoms with E-state index in [4.69, 9.17) is 4.74 Å². The lowest BCUT2D eigenvalue weighted by molar-refractivity contribution is -0.142. The van der Waals surface area contributed by atoms with Crippen LogP contribution in [0.2, 0.25) is 0 Å². The third kappa shape index (κ3) is 5.16. The van der Waals surface area contributed by atoms with Crippen LogP contribution in [0.3, 0.4) is 0 Å². The van der Waals surface area contributed by atoms with Crippen LogP contribution in [-0.2, 0) is 16.0 Å². The van der Waals surface area contributed by atoms with Crippen molar-refractivity contribution in [3.8, 4) is 0 Å². The second-order valence-electron chi connectivity index (χ2n) is 3.34. The molecule has 1 aromatic carbocycles. The molecule has 0 atom stereocenters. The highest BCUT2D eigenvalue weighted by atomic mass is 32.2. The summed E-state index contributed by atoms with van der Waals surface area (Å²) in [5, 5.41) is 0. The predicted octanol–water partition coefficient (Wildman–Crippen LogP) is 2.66. The summed E-state index contributed by atoms with van der Waals surface area (Å²) in [4.78, 5) is 11.3. The summed E-state index contributed by atoms with van der Waals surface area (Å²) < 4.78 is 17.8. The van der Waals surface area contributed by atoms with Crippen LogP contribution in [0.4, 0.5) is 4.39 Å². The Labute approximate surface area is 99.2 Å². The molecule has 0 aromatic heterocycles. The zero-order valence-electron chi connectivity index (χ0n) is 9.24. The van der Waals surface area contributed by atoms with E-state index in [1.54, 1.807) is 23.9 Å². The molecule has 0 heterocycles. The monoisotopic (exact) mass is 242 g/mol. The van der Waals surface area contributed by atoms with Crippen LogP contribution >= 0.6 is 11.8 Å². The first kappa shape index (κ1) is 13.0. The van der Waals surface area contributed by atoms with Crippen molar-refractivity contribution in [3.63, 3.8) is 0 Å². The highest BCUT2D eigenvalue weighted by Crippen LogP contribution is 2.06. The van der Waals surface area contributed by atoms with E-state index in [0.29, 0.717) is 19.4 Å². The normalized spacial score (nSPS) is 10.1. The summed E-state index contributed by atoms with van der Waals surface area (Å²) in [6, 6.07) is 6.28. The van der Waals surface area contributed by atoms with E-state index >= 15 is 0 Å². The van der Waals surface area contributed by atoms with Gasteiger partial charge in [-0.15, -0.1) is 0 Å². The molecule has 1 rings (SSSR count). The number of esters is 1. The number of carbonyl (C=O) groups excluding carboxylic acids is 1. The number of carbonyl (C=O) groups is 1. The van der Waals surface area contributed by atoms with Crippen LogP contribution < -0.4 is 0 Å². The van der Waals surface area contributed by atoms with Crippen molar-refractivity contribution in [1.82, 2.24) is 0 Å². The van der Waals surface area contributed by atoms with Crippen molar-refractivity contribution >= 4 is 17.7 Å². The third-order valence-corrected chi connectivity index (χ3v) is 2.63. The Hall–Kier alpha value is -1.03. The standard InChI is InChI=1S/C12H15FO2S/c1-16-8-7-15-12(14)6-5-10-3-2-4-11(13)9-10/h2-4,9H,5-8H2,1H3. The lowest BCUT2D eigenvalue weighted by atomic mass is 10.1. The van der Waals surface area contributed by atoms with Gasteiger partial charge in [0.2, 0.25) is 0 Å². The van der Waals surface area contributed by atoms with Gasteiger partial charge in [0.25, 0.3) is 0 Å². The maximum Gasteiger partial charge on any atom is 0.306 e. The number of hydrogen-bond donors (Lipinski definition) is 0. The Morgan fingerprint density at radius 3 is 3.00 bits per heavy atom. The van der Waals surface area contributed by atoms with Crippen LogP contribution in [-0.4, -0.2) is 24.6 Å². The molecule has 0 spiro atoms. The number of benzene rings is 1. The molecule has 1 aromatic rings. The summed E-state index contributed by atoms with van der Waals surface area (Å²) in [5.74, 6) is 0.317. The van der Waals surface area contributed by atoms with Gasteiger partial charge < -0.3 is 4.74 Å². The van der Waals surface area contributed by atoms with Gasteiger partial charge in [-0.3, -0.25) is 4.79 Å². The first-order chi connectivity index (χ1) is 7.72. The van der Waals surface area contributed by atoms with E-state index < -0.39 is 0 Å². The van der Waals surface area contributed by atoms with E-state index in [1.807, 2.05) is 6.26 Å². The summed E-state index contributed by atoms with van der Waals surface area (Å²) >= 11 is 1.63. The zero-order valence-corrected chi connectivity index (χ0v) is 10.1. The molecule has 2 nitrogen and oxygen atoms in total. The molecule has 4 heteroatoms. The van der Waals surface area contributed by atoms with Gasteiger partial charge in [-0.2, -0.15) is 11.8 Å². The Morgan fingerprint density at radius 2 is 2.31 bits per heavy atom. The van der Waals surface area contributed by atoms with Crippen LogP contribution in [0.25, 0.3) is 0 Å². The summed E-state index contributed by atoms with van der Waals surface area (Å²) in [5.41, 5.74) is 0.821. The van der Waals surface area contributed by atoms with Gasteiger partial charge in [0.05, 0.1) is 0 Å². The van der Waals surface area contributed by atoms with Crippen molar-refractivity contribution in [3.05, 3.63) is 35.6 Å². The summed E-state index contributed by atoms with van der Waals surface area (Å²) in [6.07, 6.45) is 2.79. The lowest BCUT2D eigenvalue weighted by Crippen LogP contribution is -2.08. The first-order valence-electron chi connectivity index (χ1n) is 5.11. The van der Waals surface area contributed by atoms with Gasteiger partial charge in [0, 0.05) is 12.2 Å². The van der Waals surface area contributed by atoms with Crippen molar-refractivity contribution in [2.75, 3.05) is 18.6 Å². The van der Waals surface area contributed by atoms with E-state index in [9.17, 15) is 9.18 Å². The second-order valence-corrected chi connectivity index (χ2v) is 4.33. The minimum atomic E-state index is -0.270. The van der Waals surface area contributed by atoms with E-state index in [-0.39, 0.29) is 11.8 Å². The molecule has 0 N–H and O–H groups in total. The van der Waals surface area contributed by atoms with E-state index in [1.165, 1.54) is 12.1 Å². The molecule has 0 aliphatic carbocycles. The van der Waals surface area contributed by atoms with Gasteiger partial charge in [-0.05, 0) is 30.4 Å². The summed E-state index contributed by atoms with van der Waals surface area (Å²) in [6.45, 7) is 0.448. The Balaban J connectivity index is 2.26. The fourth-order valence-corrected chi connectivity index (χ4v) is 1.50. The number of thioether (sulfide) groups is 1. The highest BCUT2D eigenvalue weighted by molar-refractivity contribution is 7.98. The molecule has 0 fully saturated rings. The maximum absolute atomic E-state index is 12.8. The topological polar surface area (TPSA) is 26.3 Å². The Morgan fingerprint density at radius 1 is 1.50 bits per heavy atom. The number of rotatable bonds is 6. The van der Waals surface area contributed by atoms with Gasteiger partial charge in [0.1, 0.15) is 12.4 Å². The van der Waals surface area contributed by atoms with Crippen molar-refractivity contribution in [2.45, 2.75) is 12.8 Å². The minimum Gasteiger partial charge on any atom is -0.465 e. The number of hydrogen-bond acceptors (Lipinski definition) is 3. The molecular weight excluding hydrogens is 227 g/mol. The Bertz CT molecular complexity index is 342. The smallest absolute Gasteiger partial charge is 0.306 e. The van der Waals surface area contributed by atoms with Crippen LogP contribution in [0.5, 0.6) is 0 Å². The van der Waals surface area contributed by atoms with Crippen molar-refractivity contribution in [1.29, 1.82) is 0 Å². The fourth-order valence-electron chi connectivity index (χ4n) is 1.25. The molecule has 0 saturated carbocycles. The van der Waals surface area contributed by atoms with E-state index in [0.717, 1.165) is 11.3 Å². The van der Waals surface area contributed by atoms with Crippen LogP contribution in [0.15, 0.2) is 24.3 Å². The molecule has 0 unspecified atom stereocenters. The number of ether oxygens (including phenoxy) is 1. The average Bonchev–Trinajstić information content (AvgIpc) is 2.27. The quantitative estimate of drug-likeness (QED) is 0.566. The Kier molecular flexibility index (Phi) is 5.93. The predicted molar refractivity (Wildman–Crippen MR) is 64.1 cm³/mol. The molecule has 0 bridgehead atoms. The number of halogens is 1. The molecule has 16 heavy (non-hydrogen) atoms. The van der Waals surface area contributed by atoms with Gasteiger partial charge in [0.15, 0.2) is 0 Å². The van der Waals surface area contributed by atoms with Gasteiger partial charge >= 0.3 is 5.97 Å². The first-order valence-corrected chi connectivity index (χ1v) is 6.51. The number of aryl methyl sites for hydroxylation is 1. The van der Waals surface area contributed by atoms with Crippen molar-refractivity contribution < 1.29 is 13.9 Å². The van der Waals surface area contributed by atoms with Crippen LogP contribution in [0, 0.1) is 5.82 Å². The fraction of sp³-hybridized carbons (Fsp3) is 0.417. The average molecular weight is 242 g/mol. The molecule has 0 amide bonds. The zero-order chi connectivity index (χ0) is 11.8. The minimum absolute atomic E-state index is 0.224. The highest BCUT2D eigenvalue weighted by Gasteiger charge is 2.03. The van der Waals surface area contributed by atoms with Crippen molar-refractivity contribution in [2.24, 2.45) is 0 Å².